The van der Waals surface area contributed by atoms with Crippen LogP contribution in [0.3, 0.4) is 0 Å². The Labute approximate surface area is 102 Å². The van der Waals surface area contributed by atoms with Crippen LogP contribution in [-0.2, 0) is 11.2 Å². The lowest BCUT2D eigenvalue weighted by atomic mass is 10.1. The number of nitrogen functional groups attached to an aromatic ring is 1. The van der Waals surface area contributed by atoms with Gasteiger partial charge >= 0.3 is 0 Å². The zero-order chi connectivity index (χ0) is 12.3. The lowest BCUT2D eigenvalue weighted by Crippen LogP contribution is -2.30. The zero-order valence-electron chi connectivity index (χ0n) is 10.1. The molecule has 0 aliphatic carbocycles. The fourth-order valence-electron chi connectivity index (χ4n) is 2.18. The van der Waals surface area contributed by atoms with Crippen molar-refractivity contribution in [1.29, 1.82) is 0 Å². The van der Waals surface area contributed by atoms with Gasteiger partial charge in [-0.15, -0.1) is 0 Å². The highest BCUT2D eigenvalue weighted by molar-refractivity contribution is 5.95. The molecule has 17 heavy (non-hydrogen) atoms. The lowest BCUT2D eigenvalue weighted by Gasteiger charge is -2.21. The molecule has 1 aromatic carbocycles. The maximum absolute atomic E-state index is 12.0. The van der Waals surface area contributed by atoms with Crippen LogP contribution in [0.1, 0.15) is 25.3 Å². The van der Waals surface area contributed by atoms with Crippen molar-refractivity contribution in [3.63, 3.8) is 0 Å². The number of anilines is 2. The van der Waals surface area contributed by atoms with Gasteiger partial charge in [0.1, 0.15) is 0 Å². The highest BCUT2D eigenvalue weighted by atomic mass is 16.2. The molecule has 1 aliphatic heterocycles. The molecule has 1 aliphatic rings. The first-order valence-electron chi connectivity index (χ1n) is 6.02. The molecular weight excluding hydrogens is 212 g/mol. The number of fused-ring (bicyclic) bond motifs is 1. The van der Waals surface area contributed by atoms with Gasteiger partial charge in [-0.05, 0) is 43.5 Å². The normalized spacial score (nSPS) is 16.1. The average Bonchev–Trinajstić information content (AvgIpc) is 2.45. The van der Waals surface area contributed by atoms with Gasteiger partial charge in [-0.1, -0.05) is 12.2 Å². The highest BCUT2D eigenvalue weighted by Crippen LogP contribution is 2.28. The first kappa shape index (κ1) is 11.7. The number of hydrogen-bond acceptors (Lipinski definition) is 2. The number of amides is 1. The van der Waals surface area contributed by atoms with E-state index >= 15 is 0 Å². The minimum Gasteiger partial charge on any atom is -0.399 e. The fraction of sp³-hybridized carbons (Fsp3) is 0.357. The van der Waals surface area contributed by atoms with Crippen LogP contribution in [0.2, 0.25) is 0 Å². The summed E-state index contributed by atoms with van der Waals surface area (Å²) >= 11 is 0. The Balaban J connectivity index is 2.39. The summed E-state index contributed by atoms with van der Waals surface area (Å²) in [6.45, 7) is 2.61. The van der Waals surface area contributed by atoms with Crippen molar-refractivity contribution in [3.05, 3.63) is 35.9 Å². The number of nitrogens with zero attached hydrogens (tertiary/aromatic N) is 1. The SMILES string of the molecule is C/C=C/CN1C(=O)CCCc2cc(N)ccc21. The molecule has 0 aromatic heterocycles. The van der Waals surface area contributed by atoms with Gasteiger partial charge in [0.05, 0.1) is 0 Å². The quantitative estimate of drug-likeness (QED) is 0.627. The fourth-order valence-corrected chi connectivity index (χ4v) is 2.18. The van der Waals surface area contributed by atoms with E-state index in [1.165, 1.54) is 5.56 Å². The van der Waals surface area contributed by atoms with Crippen molar-refractivity contribution in [1.82, 2.24) is 0 Å². The van der Waals surface area contributed by atoms with Gasteiger partial charge in [-0.2, -0.15) is 0 Å². The van der Waals surface area contributed by atoms with E-state index in [9.17, 15) is 4.79 Å². The Morgan fingerprint density at radius 1 is 1.41 bits per heavy atom. The van der Waals surface area contributed by atoms with Gasteiger partial charge in [0, 0.05) is 24.3 Å². The third-order valence-electron chi connectivity index (χ3n) is 3.06. The van der Waals surface area contributed by atoms with Gasteiger partial charge in [0.2, 0.25) is 5.91 Å². The smallest absolute Gasteiger partial charge is 0.227 e. The number of carbonyl (C=O) groups is 1. The molecule has 1 amide bonds. The Kier molecular flexibility index (Phi) is 3.47. The third-order valence-corrected chi connectivity index (χ3v) is 3.06. The standard InChI is InChI=1S/C14H18N2O/c1-2-3-9-16-13-8-7-12(15)10-11(13)5-4-6-14(16)17/h2-3,7-8,10H,4-6,9,15H2,1H3/b3-2+. The number of aryl methyl sites for hydroxylation is 1. The summed E-state index contributed by atoms with van der Waals surface area (Å²) in [5.41, 5.74) is 8.76. The van der Waals surface area contributed by atoms with E-state index in [1.807, 2.05) is 42.2 Å². The minimum absolute atomic E-state index is 0.201. The molecule has 90 valence electrons. The van der Waals surface area contributed by atoms with Gasteiger partial charge in [-0.3, -0.25) is 4.79 Å². The molecule has 0 saturated carbocycles. The van der Waals surface area contributed by atoms with Crippen molar-refractivity contribution >= 4 is 17.3 Å². The predicted octanol–water partition coefficient (Wildman–Crippen LogP) is 2.51. The van der Waals surface area contributed by atoms with Crippen LogP contribution in [0.5, 0.6) is 0 Å². The van der Waals surface area contributed by atoms with Crippen LogP contribution in [0.25, 0.3) is 0 Å². The second kappa shape index (κ2) is 5.04. The first-order chi connectivity index (χ1) is 8.22. The molecule has 3 nitrogen and oxygen atoms in total. The maximum Gasteiger partial charge on any atom is 0.227 e. The van der Waals surface area contributed by atoms with Crippen LogP contribution >= 0.6 is 0 Å². The summed E-state index contributed by atoms with van der Waals surface area (Å²) in [5, 5.41) is 0. The molecule has 1 aromatic rings. The van der Waals surface area contributed by atoms with E-state index in [1.54, 1.807) is 0 Å². The van der Waals surface area contributed by atoms with E-state index in [4.69, 9.17) is 5.73 Å². The largest absolute Gasteiger partial charge is 0.399 e. The van der Waals surface area contributed by atoms with E-state index in [0.717, 1.165) is 24.2 Å². The van der Waals surface area contributed by atoms with Crippen molar-refractivity contribution in [2.45, 2.75) is 26.2 Å². The Hall–Kier alpha value is -1.77. The van der Waals surface area contributed by atoms with E-state index in [0.29, 0.717) is 13.0 Å². The summed E-state index contributed by atoms with van der Waals surface area (Å²) in [4.78, 5) is 13.9. The van der Waals surface area contributed by atoms with E-state index in [2.05, 4.69) is 0 Å². The van der Waals surface area contributed by atoms with Gasteiger partial charge in [0.25, 0.3) is 0 Å². The Morgan fingerprint density at radius 2 is 2.24 bits per heavy atom. The number of carbonyl (C=O) groups excluding carboxylic acids is 1. The minimum atomic E-state index is 0.201. The van der Waals surface area contributed by atoms with Crippen LogP contribution in [0.15, 0.2) is 30.4 Å². The van der Waals surface area contributed by atoms with Crippen LogP contribution in [0, 0.1) is 0 Å². The van der Waals surface area contributed by atoms with Crippen LogP contribution < -0.4 is 10.6 Å². The second-order valence-corrected chi connectivity index (χ2v) is 4.32. The molecule has 0 spiro atoms. The summed E-state index contributed by atoms with van der Waals surface area (Å²) < 4.78 is 0. The zero-order valence-corrected chi connectivity index (χ0v) is 10.1. The average molecular weight is 230 g/mol. The second-order valence-electron chi connectivity index (χ2n) is 4.32. The molecule has 2 rings (SSSR count). The van der Waals surface area contributed by atoms with Crippen LogP contribution in [0.4, 0.5) is 11.4 Å². The first-order valence-corrected chi connectivity index (χ1v) is 6.02. The lowest BCUT2D eigenvalue weighted by molar-refractivity contribution is -0.118. The summed E-state index contributed by atoms with van der Waals surface area (Å²) in [5.74, 6) is 0.201. The predicted molar refractivity (Wildman–Crippen MR) is 71.0 cm³/mol. The summed E-state index contributed by atoms with van der Waals surface area (Å²) in [6.07, 6.45) is 6.42. The topological polar surface area (TPSA) is 46.3 Å². The number of benzene rings is 1. The van der Waals surface area contributed by atoms with Crippen LogP contribution in [-0.4, -0.2) is 12.5 Å². The van der Waals surface area contributed by atoms with Gasteiger partial charge in [0.15, 0.2) is 0 Å². The number of allylic oxidation sites excluding steroid dienone is 1. The molecule has 0 saturated heterocycles. The number of nitrogens with two attached hydrogens (primary N) is 1. The van der Waals surface area contributed by atoms with Crippen molar-refractivity contribution in [3.8, 4) is 0 Å². The summed E-state index contributed by atoms with van der Waals surface area (Å²) in [7, 11) is 0. The van der Waals surface area contributed by atoms with Crippen molar-refractivity contribution in [2.75, 3.05) is 17.2 Å². The number of rotatable bonds is 2. The van der Waals surface area contributed by atoms with E-state index in [-0.39, 0.29) is 5.91 Å². The Bertz CT molecular complexity index is 452. The molecular formula is C14H18N2O. The molecule has 0 fully saturated rings. The van der Waals surface area contributed by atoms with Gasteiger partial charge < -0.3 is 10.6 Å². The molecule has 1 heterocycles. The molecule has 0 radical (unpaired) electrons. The third kappa shape index (κ3) is 2.49. The Morgan fingerprint density at radius 3 is 3.00 bits per heavy atom. The molecule has 2 N–H and O–H groups in total. The molecule has 3 heteroatoms. The molecule has 0 bridgehead atoms. The van der Waals surface area contributed by atoms with Crippen molar-refractivity contribution < 1.29 is 4.79 Å². The maximum atomic E-state index is 12.0. The monoisotopic (exact) mass is 230 g/mol. The highest BCUT2D eigenvalue weighted by Gasteiger charge is 2.20. The molecule has 0 atom stereocenters. The summed E-state index contributed by atoms with van der Waals surface area (Å²) in [6, 6.07) is 5.80. The van der Waals surface area contributed by atoms with E-state index < -0.39 is 0 Å². The molecule has 0 unspecified atom stereocenters. The van der Waals surface area contributed by atoms with Crippen molar-refractivity contribution in [2.24, 2.45) is 0 Å². The van der Waals surface area contributed by atoms with Gasteiger partial charge in [-0.25, -0.2) is 0 Å². The number of hydrogen-bond donors (Lipinski definition) is 1.